The van der Waals surface area contributed by atoms with E-state index in [1.54, 1.807) is 6.08 Å². The number of carbonyl (C=O) groups excluding carboxylic acids is 1. The lowest BCUT2D eigenvalue weighted by molar-refractivity contribution is -0.123. The Morgan fingerprint density at radius 3 is 2.47 bits per heavy atom. The van der Waals surface area contributed by atoms with Crippen LogP contribution in [0.1, 0.15) is 20.8 Å². The SMILES string of the molecule is C=C(N)/C=C\C(=C/C)CNC(=O)C(C)C. The molecule has 0 aromatic carbocycles. The molecule has 0 fully saturated rings. The van der Waals surface area contributed by atoms with Crippen molar-refractivity contribution in [3.05, 3.63) is 36.1 Å². The second-order valence-electron chi connectivity index (χ2n) is 3.64. The van der Waals surface area contributed by atoms with Crippen LogP contribution in [0.4, 0.5) is 0 Å². The highest BCUT2D eigenvalue weighted by molar-refractivity contribution is 5.78. The predicted molar refractivity (Wildman–Crippen MR) is 64.1 cm³/mol. The Hall–Kier alpha value is -1.51. The van der Waals surface area contributed by atoms with Gasteiger partial charge in [0.05, 0.1) is 0 Å². The molecule has 3 heteroatoms. The first-order valence-corrected chi connectivity index (χ1v) is 5.02. The van der Waals surface area contributed by atoms with Gasteiger partial charge in [0.2, 0.25) is 5.91 Å². The van der Waals surface area contributed by atoms with Gasteiger partial charge in [-0.25, -0.2) is 0 Å². The van der Waals surface area contributed by atoms with Crippen molar-refractivity contribution in [3.8, 4) is 0 Å². The van der Waals surface area contributed by atoms with Crippen LogP contribution in [0.3, 0.4) is 0 Å². The van der Waals surface area contributed by atoms with Crippen molar-refractivity contribution in [1.29, 1.82) is 0 Å². The lowest BCUT2D eigenvalue weighted by Crippen LogP contribution is -2.29. The number of allylic oxidation sites excluding steroid dienone is 2. The summed E-state index contributed by atoms with van der Waals surface area (Å²) in [6, 6.07) is 0. The summed E-state index contributed by atoms with van der Waals surface area (Å²) in [6.07, 6.45) is 5.50. The number of rotatable bonds is 5. The topological polar surface area (TPSA) is 55.1 Å². The number of hydrogen-bond acceptors (Lipinski definition) is 2. The van der Waals surface area contributed by atoms with E-state index in [0.717, 1.165) is 5.57 Å². The second kappa shape index (κ2) is 6.87. The highest BCUT2D eigenvalue weighted by Crippen LogP contribution is 1.98. The van der Waals surface area contributed by atoms with E-state index in [1.165, 1.54) is 0 Å². The molecule has 0 bridgehead atoms. The first kappa shape index (κ1) is 13.5. The molecule has 0 aromatic rings. The molecule has 3 nitrogen and oxygen atoms in total. The van der Waals surface area contributed by atoms with Gasteiger partial charge in [-0.2, -0.15) is 0 Å². The maximum atomic E-state index is 11.3. The lowest BCUT2D eigenvalue weighted by atomic mass is 10.2. The molecule has 0 aliphatic rings. The molecule has 1 amide bonds. The highest BCUT2D eigenvalue weighted by atomic mass is 16.1. The molecule has 0 aliphatic carbocycles. The summed E-state index contributed by atoms with van der Waals surface area (Å²) >= 11 is 0. The molecule has 84 valence electrons. The van der Waals surface area contributed by atoms with Gasteiger partial charge in [0, 0.05) is 18.2 Å². The quantitative estimate of drug-likeness (QED) is 0.676. The van der Waals surface area contributed by atoms with Crippen molar-refractivity contribution >= 4 is 5.91 Å². The Bertz CT molecular complexity index is 288. The number of nitrogens with two attached hydrogens (primary N) is 1. The second-order valence-corrected chi connectivity index (χ2v) is 3.64. The number of carbonyl (C=O) groups is 1. The molecule has 0 unspecified atom stereocenters. The summed E-state index contributed by atoms with van der Waals surface area (Å²) in [5.41, 5.74) is 6.92. The highest BCUT2D eigenvalue weighted by Gasteiger charge is 2.05. The zero-order valence-electron chi connectivity index (χ0n) is 9.71. The maximum absolute atomic E-state index is 11.3. The van der Waals surface area contributed by atoms with E-state index in [4.69, 9.17) is 5.73 Å². The minimum Gasteiger partial charge on any atom is -0.399 e. The molecule has 0 spiro atoms. The van der Waals surface area contributed by atoms with Crippen LogP contribution in [-0.2, 0) is 4.79 Å². The number of hydrogen-bond donors (Lipinski definition) is 2. The Labute approximate surface area is 91.7 Å². The van der Waals surface area contributed by atoms with E-state index in [2.05, 4.69) is 11.9 Å². The summed E-state index contributed by atoms with van der Waals surface area (Å²) in [5.74, 6) is 0.0610. The molecule has 0 aliphatic heterocycles. The van der Waals surface area contributed by atoms with Crippen molar-refractivity contribution in [1.82, 2.24) is 5.32 Å². The van der Waals surface area contributed by atoms with E-state index >= 15 is 0 Å². The van der Waals surface area contributed by atoms with Crippen LogP contribution in [0.25, 0.3) is 0 Å². The molecular weight excluding hydrogens is 188 g/mol. The molecular formula is C12H20N2O. The molecule has 0 heterocycles. The summed E-state index contributed by atoms with van der Waals surface area (Å²) in [5, 5.41) is 2.83. The van der Waals surface area contributed by atoms with Gasteiger partial charge in [-0.05, 0) is 18.6 Å². The molecule has 3 N–H and O–H groups in total. The molecule has 0 aromatic heterocycles. The summed E-state index contributed by atoms with van der Waals surface area (Å²) < 4.78 is 0. The number of amides is 1. The van der Waals surface area contributed by atoms with Gasteiger partial charge in [0.15, 0.2) is 0 Å². The van der Waals surface area contributed by atoms with Crippen LogP contribution in [0.2, 0.25) is 0 Å². The zero-order chi connectivity index (χ0) is 11.8. The maximum Gasteiger partial charge on any atom is 0.222 e. The standard InChI is InChI=1S/C12H20N2O/c1-5-11(7-6-10(4)13)8-14-12(15)9(2)3/h5-7,9H,4,8,13H2,1-3H3,(H,14,15)/b7-6-,11-5+. The van der Waals surface area contributed by atoms with Crippen LogP contribution >= 0.6 is 0 Å². The zero-order valence-corrected chi connectivity index (χ0v) is 9.71. The minimum absolute atomic E-state index is 0.0107. The van der Waals surface area contributed by atoms with Gasteiger partial charge in [-0.1, -0.05) is 32.6 Å². The Kier molecular flexibility index (Phi) is 6.18. The fraction of sp³-hybridized carbons (Fsp3) is 0.417. The Morgan fingerprint density at radius 2 is 2.07 bits per heavy atom. The third-order valence-electron chi connectivity index (χ3n) is 1.87. The van der Waals surface area contributed by atoms with Crippen LogP contribution in [0.5, 0.6) is 0 Å². The van der Waals surface area contributed by atoms with Crippen molar-refractivity contribution < 1.29 is 4.79 Å². The largest absolute Gasteiger partial charge is 0.399 e. The first-order valence-electron chi connectivity index (χ1n) is 5.02. The van der Waals surface area contributed by atoms with E-state index in [9.17, 15) is 4.79 Å². The van der Waals surface area contributed by atoms with Crippen molar-refractivity contribution in [2.75, 3.05) is 6.54 Å². The van der Waals surface area contributed by atoms with Crippen molar-refractivity contribution in [2.24, 2.45) is 11.7 Å². The monoisotopic (exact) mass is 208 g/mol. The van der Waals surface area contributed by atoms with Gasteiger partial charge >= 0.3 is 0 Å². The first-order chi connectivity index (χ1) is 6.97. The average Bonchev–Trinajstić information content (AvgIpc) is 2.17. The van der Waals surface area contributed by atoms with Crippen LogP contribution in [0.15, 0.2) is 36.1 Å². The Morgan fingerprint density at radius 1 is 1.47 bits per heavy atom. The normalized spacial score (nSPS) is 12.1. The van der Waals surface area contributed by atoms with E-state index < -0.39 is 0 Å². The molecule has 0 radical (unpaired) electrons. The summed E-state index contributed by atoms with van der Waals surface area (Å²) in [7, 11) is 0. The van der Waals surface area contributed by atoms with Gasteiger partial charge in [0.25, 0.3) is 0 Å². The van der Waals surface area contributed by atoms with Gasteiger partial charge < -0.3 is 11.1 Å². The average molecular weight is 208 g/mol. The van der Waals surface area contributed by atoms with Crippen LogP contribution < -0.4 is 11.1 Å². The fourth-order valence-electron chi connectivity index (χ4n) is 0.865. The van der Waals surface area contributed by atoms with Gasteiger partial charge in [-0.3, -0.25) is 4.79 Å². The fourth-order valence-corrected chi connectivity index (χ4v) is 0.865. The third-order valence-corrected chi connectivity index (χ3v) is 1.87. The van der Waals surface area contributed by atoms with Crippen molar-refractivity contribution in [3.63, 3.8) is 0 Å². The molecule has 0 saturated carbocycles. The van der Waals surface area contributed by atoms with Gasteiger partial charge in [0.1, 0.15) is 0 Å². The molecule has 0 atom stereocenters. The Balaban J connectivity index is 4.14. The van der Waals surface area contributed by atoms with E-state index in [-0.39, 0.29) is 11.8 Å². The molecule has 15 heavy (non-hydrogen) atoms. The summed E-state index contributed by atoms with van der Waals surface area (Å²) in [6.45, 7) is 9.73. The van der Waals surface area contributed by atoms with Gasteiger partial charge in [-0.15, -0.1) is 0 Å². The number of nitrogens with one attached hydrogen (secondary N) is 1. The van der Waals surface area contributed by atoms with Crippen molar-refractivity contribution in [2.45, 2.75) is 20.8 Å². The predicted octanol–water partition coefficient (Wildman–Crippen LogP) is 1.73. The lowest BCUT2D eigenvalue weighted by Gasteiger charge is -2.07. The van der Waals surface area contributed by atoms with Crippen LogP contribution in [-0.4, -0.2) is 12.5 Å². The smallest absolute Gasteiger partial charge is 0.222 e. The molecule has 0 saturated heterocycles. The minimum atomic E-state index is 0.0107. The molecule has 0 rings (SSSR count). The third kappa shape index (κ3) is 6.55. The summed E-state index contributed by atoms with van der Waals surface area (Å²) in [4.78, 5) is 11.3. The van der Waals surface area contributed by atoms with E-state index in [1.807, 2.05) is 32.9 Å². The van der Waals surface area contributed by atoms with E-state index in [0.29, 0.717) is 12.2 Å². The van der Waals surface area contributed by atoms with Crippen LogP contribution in [0, 0.1) is 5.92 Å².